The molecule has 2 aliphatic rings. The van der Waals surface area contributed by atoms with Gasteiger partial charge < -0.3 is 10.2 Å². The van der Waals surface area contributed by atoms with E-state index in [2.05, 4.69) is 28.2 Å². The lowest BCUT2D eigenvalue weighted by Gasteiger charge is -2.45. The third-order valence-electron chi connectivity index (χ3n) is 3.59. The summed E-state index contributed by atoms with van der Waals surface area (Å²) in [7, 11) is 2.12. The van der Waals surface area contributed by atoms with E-state index < -0.39 is 0 Å². The summed E-state index contributed by atoms with van der Waals surface area (Å²) in [6, 6.07) is 2.57. The van der Waals surface area contributed by atoms with Crippen molar-refractivity contribution in [2.24, 2.45) is 0 Å². The van der Waals surface area contributed by atoms with Crippen molar-refractivity contribution in [3.05, 3.63) is 0 Å². The molecule has 0 amide bonds. The maximum atomic E-state index is 9.47. The summed E-state index contributed by atoms with van der Waals surface area (Å²) >= 11 is 0. The van der Waals surface area contributed by atoms with E-state index in [1.165, 1.54) is 0 Å². The molecule has 2 fully saturated rings. The fourth-order valence-corrected chi connectivity index (χ4v) is 2.76. The Morgan fingerprint density at radius 1 is 1.27 bits per heavy atom. The van der Waals surface area contributed by atoms with Crippen molar-refractivity contribution >= 4 is 0 Å². The highest BCUT2D eigenvalue weighted by atomic mass is 15.3. The van der Waals surface area contributed by atoms with Gasteiger partial charge in [-0.25, -0.2) is 0 Å². The highest BCUT2D eigenvalue weighted by Crippen LogP contribution is 2.26. The topological polar surface area (TPSA) is 42.3 Å². The van der Waals surface area contributed by atoms with Crippen molar-refractivity contribution in [3.63, 3.8) is 0 Å². The van der Waals surface area contributed by atoms with Crippen LogP contribution in [0.4, 0.5) is 0 Å². The summed E-state index contributed by atoms with van der Waals surface area (Å²) in [5.41, 5.74) is -0.213. The van der Waals surface area contributed by atoms with E-state index in [4.69, 9.17) is 0 Å². The van der Waals surface area contributed by atoms with E-state index in [9.17, 15) is 5.26 Å². The second-order valence-electron chi connectivity index (χ2n) is 4.72. The van der Waals surface area contributed by atoms with E-state index in [1.807, 2.05) is 0 Å². The van der Waals surface area contributed by atoms with Crippen LogP contribution in [0.25, 0.3) is 0 Å². The molecular weight excluding hydrogens is 188 g/mol. The van der Waals surface area contributed by atoms with Gasteiger partial charge in [0.1, 0.15) is 5.54 Å². The summed E-state index contributed by atoms with van der Waals surface area (Å²) in [4.78, 5) is 4.66. The molecule has 0 aromatic rings. The van der Waals surface area contributed by atoms with Gasteiger partial charge in [-0.2, -0.15) is 5.26 Å². The zero-order valence-electron chi connectivity index (χ0n) is 9.50. The Morgan fingerprint density at radius 3 is 2.60 bits per heavy atom. The molecule has 0 radical (unpaired) electrons. The fraction of sp³-hybridized carbons (Fsp3) is 0.909. The molecule has 0 aliphatic carbocycles. The lowest BCUT2D eigenvalue weighted by molar-refractivity contribution is 0.0517. The van der Waals surface area contributed by atoms with Gasteiger partial charge in [0.15, 0.2) is 0 Å². The summed E-state index contributed by atoms with van der Waals surface area (Å²) in [6.45, 7) is 6.11. The van der Waals surface area contributed by atoms with Crippen molar-refractivity contribution in [1.82, 2.24) is 15.1 Å². The SMILES string of the molecule is CN1CCCC(C#N)(N2CCNCC2)C1. The normalized spacial score (nSPS) is 34.9. The average Bonchev–Trinajstić information content (AvgIpc) is 2.30. The Bertz CT molecular complexity index is 254. The largest absolute Gasteiger partial charge is 0.314 e. The van der Waals surface area contributed by atoms with Crippen LogP contribution in [0.15, 0.2) is 0 Å². The summed E-state index contributed by atoms with van der Waals surface area (Å²) < 4.78 is 0. The van der Waals surface area contributed by atoms with Gasteiger partial charge in [0.25, 0.3) is 0 Å². The number of likely N-dealkylation sites (N-methyl/N-ethyl adjacent to an activating group) is 1. The third-order valence-corrected chi connectivity index (χ3v) is 3.59. The lowest BCUT2D eigenvalue weighted by atomic mass is 9.88. The zero-order chi connectivity index (χ0) is 10.7. The predicted molar refractivity (Wildman–Crippen MR) is 59.5 cm³/mol. The Morgan fingerprint density at radius 2 is 2.00 bits per heavy atom. The minimum atomic E-state index is -0.213. The molecule has 1 unspecified atom stereocenters. The number of nitrogens with one attached hydrogen (secondary N) is 1. The van der Waals surface area contributed by atoms with Gasteiger partial charge in [0.2, 0.25) is 0 Å². The molecule has 15 heavy (non-hydrogen) atoms. The molecule has 2 saturated heterocycles. The molecule has 0 aromatic heterocycles. The Balaban J connectivity index is 2.09. The monoisotopic (exact) mass is 208 g/mol. The first-order valence-corrected chi connectivity index (χ1v) is 5.82. The number of nitriles is 1. The molecule has 0 spiro atoms. The van der Waals surface area contributed by atoms with Gasteiger partial charge in [-0.3, -0.25) is 4.90 Å². The molecule has 2 heterocycles. The Labute approximate surface area is 91.8 Å². The second kappa shape index (κ2) is 4.48. The first-order chi connectivity index (χ1) is 7.27. The van der Waals surface area contributed by atoms with Crippen LogP contribution in [0.1, 0.15) is 12.8 Å². The van der Waals surface area contributed by atoms with Crippen LogP contribution in [0.5, 0.6) is 0 Å². The average molecular weight is 208 g/mol. The van der Waals surface area contributed by atoms with Crippen LogP contribution >= 0.6 is 0 Å². The fourth-order valence-electron chi connectivity index (χ4n) is 2.76. The molecule has 2 aliphatic heterocycles. The molecular formula is C11H20N4. The molecule has 4 heteroatoms. The molecule has 2 rings (SSSR count). The first kappa shape index (κ1) is 10.9. The number of nitrogens with zero attached hydrogens (tertiary/aromatic N) is 3. The lowest BCUT2D eigenvalue weighted by Crippen LogP contribution is -2.61. The standard InChI is InChI=1S/C11H20N4/c1-14-6-2-3-11(9-12,10-14)15-7-4-13-5-8-15/h13H,2-8,10H2,1H3. The molecule has 0 aromatic carbocycles. The van der Waals surface area contributed by atoms with E-state index in [0.29, 0.717) is 0 Å². The van der Waals surface area contributed by atoms with Gasteiger partial charge in [-0.15, -0.1) is 0 Å². The van der Waals surface area contributed by atoms with Crippen molar-refractivity contribution in [2.75, 3.05) is 46.3 Å². The van der Waals surface area contributed by atoms with E-state index in [0.717, 1.165) is 52.1 Å². The molecule has 0 saturated carbocycles. The van der Waals surface area contributed by atoms with Crippen molar-refractivity contribution < 1.29 is 0 Å². The molecule has 0 bridgehead atoms. The van der Waals surface area contributed by atoms with Crippen LogP contribution in [0.3, 0.4) is 0 Å². The van der Waals surface area contributed by atoms with Gasteiger partial charge >= 0.3 is 0 Å². The zero-order valence-corrected chi connectivity index (χ0v) is 9.50. The van der Waals surface area contributed by atoms with E-state index in [1.54, 1.807) is 0 Å². The van der Waals surface area contributed by atoms with Crippen LogP contribution in [-0.2, 0) is 0 Å². The van der Waals surface area contributed by atoms with Crippen LogP contribution < -0.4 is 5.32 Å². The molecule has 1 N–H and O–H groups in total. The predicted octanol–water partition coefficient (Wildman–Crippen LogP) is -0.120. The minimum absolute atomic E-state index is 0.213. The highest BCUT2D eigenvalue weighted by molar-refractivity contribution is 5.12. The number of rotatable bonds is 1. The van der Waals surface area contributed by atoms with Crippen molar-refractivity contribution in [3.8, 4) is 6.07 Å². The maximum Gasteiger partial charge on any atom is 0.122 e. The Hall–Kier alpha value is -0.630. The number of hydrogen-bond acceptors (Lipinski definition) is 4. The van der Waals surface area contributed by atoms with Gasteiger partial charge in [0, 0.05) is 32.7 Å². The number of hydrogen-bond donors (Lipinski definition) is 1. The van der Waals surface area contributed by atoms with Crippen LogP contribution in [-0.4, -0.2) is 61.7 Å². The van der Waals surface area contributed by atoms with E-state index >= 15 is 0 Å². The van der Waals surface area contributed by atoms with Crippen molar-refractivity contribution in [1.29, 1.82) is 5.26 Å². The number of piperidine rings is 1. The van der Waals surface area contributed by atoms with E-state index in [-0.39, 0.29) is 5.54 Å². The molecule has 84 valence electrons. The maximum absolute atomic E-state index is 9.47. The van der Waals surface area contributed by atoms with Gasteiger partial charge in [-0.05, 0) is 26.4 Å². The summed E-state index contributed by atoms with van der Waals surface area (Å²) in [6.07, 6.45) is 2.18. The number of piperazine rings is 1. The molecule has 4 nitrogen and oxygen atoms in total. The van der Waals surface area contributed by atoms with Crippen molar-refractivity contribution in [2.45, 2.75) is 18.4 Å². The molecule has 1 atom stereocenters. The third kappa shape index (κ3) is 2.15. The summed E-state index contributed by atoms with van der Waals surface area (Å²) in [5, 5.41) is 12.8. The van der Waals surface area contributed by atoms with Crippen LogP contribution in [0, 0.1) is 11.3 Å². The smallest absolute Gasteiger partial charge is 0.122 e. The van der Waals surface area contributed by atoms with Crippen LogP contribution in [0.2, 0.25) is 0 Å². The summed E-state index contributed by atoms with van der Waals surface area (Å²) in [5.74, 6) is 0. The quantitative estimate of drug-likeness (QED) is 0.652. The Kier molecular flexibility index (Phi) is 3.25. The van der Waals surface area contributed by atoms with Gasteiger partial charge in [0.05, 0.1) is 6.07 Å². The second-order valence-corrected chi connectivity index (χ2v) is 4.72. The highest BCUT2D eigenvalue weighted by Gasteiger charge is 2.40. The minimum Gasteiger partial charge on any atom is -0.314 e. The first-order valence-electron chi connectivity index (χ1n) is 5.82. The number of likely N-dealkylation sites (tertiary alicyclic amines) is 1. The van der Waals surface area contributed by atoms with Gasteiger partial charge in [-0.1, -0.05) is 0 Å².